The summed E-state index contributed by atoms with van der Waals surface area (Å²) in [4.78, 5) is 0. The third-order valence-corrected chi connectivity index (χ3v) is 3.40. The lowest BCUT2D eigenvalue weighted by molar-refractivity contribution is -0.697. The van der Waals surface area contributed by atoms with Crippen LogP contribution in [0, 0.1) is 0 Å². The number of rotatable bonds is 11. The molecule has 0 saturated carbocycles. The summed E-state index contributed by atoms with van der Waals surface area (Å²) in [6.07, 6.45) is 16.5. The Bertz CT molecular complexity index is 272. The molecule has 2 nitrogen and oxygen atoms in total. The lowest BCUT2D eigenvalue weighted by atomic mass is 10.1. The van der Waals surface area contributed by atoms with Gasteiger partial charge in [-0.05, 0) is 19.4 Å². The molecular weight excluding hydrogens is 220 g/mol. The zero-order valence-electron chi connectivity index (χ0n) is 11.7. The molecule has 0 aliphatic rings. The van der Waals surface area contributed by atoms with Crippen LogP contribution in [0.1, 0.15) is 57.8 Å². The summed E-state index contributed by atoms with van der Waals surface area (Å²) in [5, 5.41) is 0. The van der Waals surface area contributed by atoms with E-state index >= 15 is 0 Å². The fourth-order valence-corrected chi connectivity index (χ4v) is 2.26. The van der Waals surface area contributed by atoms with Crippen molar-refractivity contribution >= 4 is 0 Å². The highest BCUT2D eigenvalue weighted by atomic mass is 14.9. The van der Waals surface area contributed by atoms with Crippen LogP contribution in [0.3, 0.4) is 0 Å². The average Bonchev–Trinajstić information content (AvgIpc) is 2.42. The van der Waals surface area contributed by atoms with E-state index in [-0.39, 0.29) is 0 Å². The second-order valence-corrected chi connectivity index (χ2v) is 5.08. The number of hydrogen-bond acceptors (Lipinski definition) is 1. The number of nitrogens with zero attached hydrogens (tertiary/aromatic N) is 1. The van der Waals surface area contributed by atoms with Crippen molar-refractivity contribution in [3.05, 3.63) is 30.6 Å². The number of nitrogens with two attached hydrogens (primary N) is 1. The standard InChI is InChI=1S/C16H29N2/c17-13-9-6-4-2-1-3-5-7-10-14-18-15-11-8-12-16-18/h8,11-12,15-16H,1-7,9-10,13-14,17H2/q+1. The quantitative estimate of drug-likeness (QED) is 0.472. The third kappa shape index (κ3) is 8.24. The maximum absolute atomic E-state index is 5.47. The molecule has 2 heteroatoms. The minimum Gasteiger partial charge on any atom is -0.330 e. The van der Waals surface area contributed by atoms with Gasteiger partial charge in [-0.1, -0.05) is 44.6 Å². The summed E-state index contributed by atoms with van der Waals surface area (Å²) in [6.45, 7) is 2.02. The van der Waals surface area contributed by atoms with Gasteiger partial charge in [-0.2, -0.15) is 0 Å². The van der Waals surface area contributed by atoms with E-state index in [1.165, 1.54) is 57.8 Å². The summed E-state index contributed by atoms with van der Waals surface area (Å²) in [7, 11) is 0. The predicted molar refractivity (Wildman–Crippen MR) is 77.2 cm³/mol. The van der Waals surface area contributed by atoms with Crippen LogP contribution in [0.25, 0.3) is 0 Å². The monoisotopic (exact) mass is 249 g/mol. The fourth-order valence-electron chi connectivity index (χ4n) is 2.26. The van der Waals surface area contributed by atoms with Crippen LogP contribution in [0.2, 0.25) is 0 Å². The zero-order valence-corrected chi connectivity index (χ0v) is 11.7. The molecule has 0 radical (unpaired) electrons. The average molecular weight is 249 g/mol. The highest BCUT2D eigenvalue weighted by Crippen LogP contribution is 2.09. The van der Waals surface area contributed by atoms with Crippen molar-refractivity contribution in [3.63, 3.8) is 0 Å². The van der Waals surface area contributed by atoms with E-state index in [0.29, 0.717) is 0 Å². The van der Waals surface area contributed by atoms with Crippen LogP contribution in [0.15, 0.2) is 30.6 Å². The molecule has 2 N–H and O–H groups in total. The Balaban J connectivity index is 1.82. The molecule has 1 aromatic heterocycles. The van der Waals surface area contributed by atoms with E-state index < -0.39 is 0 Å². The smallest absolute Gasteiger partial charge is 0.168 e. The van der Waals surface area contributed by atoms with E-state index in [0.717, 1.165) is 13.1 Å². The van der Waals surface area contributed by atoms with Crippen LogP contribution in [-0.4, -0.2) is 6.54 Å². The van der Waals surface area contributed by atoms with Crippen molar-refractivity contribution < 1.29 is 4.57 Å². The van der Waals surface area contributed by atoms with E-state index in [4.69, 9.17) is 5.73 Å². The van der Waals surface area contributed by atoms with Gasteiger partial charge in [0.25, 0.3) is 0 Å². The minimum absolute atomic E-state index is 0.858. The van der Waals surface area contributed by atoms with Gasteiger partial charge in [0.15, 0.2) is 12.4 Å². The third-order valence-electron chi connectivity index (χ3n) is 3.40. The minimum atomic E-state index is 0.858. The largest absolute Gasteiger partial charge is 0.330 e. The van der Waals surface area contributed by atoms with Crippen molar-refractivity contribution in [1.29, 1.82) is 0 Å². The first-order valence-corrected chi connectivity index (χ1v) is 7.57. The number of aromatic nitrogens is 1. The first-order valence-electron chi connectivity index (χ1n) is 7.57. The van der Waals surface area contributed by atoms with Gasteiger partial charge in [0.1, 0.15) is 6.54 Å². The van der Waals surface area contributed by atoms with Crippen molar-refractivity contribution in [2.45, 2.75) is 64.3 Å². The maximum atomic E-state index is 5.47. The molecule has 0 aliphatic heterocycles. The van der Waals surface area contributed by atoms with Crippen LogP contribution in [0.5, 0.6) is 0 Å². The van der Waals surface area contributed by atoms with Gasteiger partial charge >= 0.3 is 0 Å². The van der Waals surface area contributed by atoms with Crippen molar-refractivity contribution in [3.8, 4) is 0 Å². The first kappa shape index (κ1) is 15.2. The van der Waals surface area contributed by atoms with Crippen molar-refractivity contribution in [1.82, 2.24) is 0 Å². The summed E-state index contributed by atoms with van der Waals surface area (Å²) in [5.41, 5.74) is 5.47. The molecule has 1 aromatic rings. The topological polar surface area (TPSA) is 29.9 Å². The van der Waals surface area contributed by atoms with Gasteiger partial charge < -0.3 is 5.73 Å². The molecule has 0 unspecified atom stereocenters. The normalized spacial score (nSPS) is 10.7. The summed E-state index contributed by atoms with van der Waals surface area (Å²) < 4.78 is 2.27. The number of pyridine rings is 1. The second kappa shape index (κ2) is 11.2. The molecule has 0 aliphatic carbocycles. The number of aryl methyl sites for hydroxylation is 1. The van der Waals surface area contributed by atoms with Crippen molar-refractivity contribution in [2.24, 2.45) is 5.73 Å². The Morgan fingerprint density at radius 2 is 1.11 bits per heavy atom. The van der Waals surface area contributed by atoms with E-state index in [1.807, 2.05) is 0 Å². The van der Waals surface area contributed by atoms with Crippen LogP contribution >= 0.6 is 0 Å². The highest BCUT2D eigenvalue weighted by Gasteiger charge is 1.97. The second-order valence-electron chi connectivity index (χ2n) is 5.08. The lowest BCUT2D eigenvalue weighted by Crippen LogP contribution is -2.32. The molecule has 0 amide bonds. The molecule has 0 saturated heterocycles. The maximum Gasteiger partial charge on any atom is 0.168 e. The van der Waals surface area contributed by atoms with Crippen LogP contribution < -0.4 is 10.3 Å². The highest BCUT2D eigenvalue weighted by molar-refractivity contribution is 4.83. The molecule has 0 fully saturated rings. The molecule has 1 heterocycles. The molecule has 0 atom stereocenters. The summed E-state index contributed by atoms with van der Waals surface area (Å²) in [5.74, 6) is 0. The van der Waals surface area contributed by atoms with Gasteiger partial charge in [0.2, 0.25) is 0 Å². The Morgan fingerprint density at radius 1 is 0.611 bits per heavy atom. The van der Waals surface area contributed by atoms with Gasteiger partial charge in [-0.3, -0.25) is 0 Å². The van der Waals surface area contributed by atoms with E-state index in [2.05, 4.69) is 35.2 Å². The van der Waals surface area contributed by atoms with Crippen molar-refractivity contribution in [2.75, 3.05) is 6.54 Å². The molecule has 18 heavy (non-hydrogen) atoms. The molecular formula is C16H29N2+. The first-order chi connectivity index (χ1) is 8.93. The van der Waals surface area contributed by atoms with E-state index in [9.17, 15) is 0 Å². The van der Waals surface area contributed by atoms with Crippen LogP contribution in [-0.2, 0) is 6.54 Å². The van der Waals surface area contributed by atoms with Crippen LogP contribution in [0.4, 0.5) is 0 Å². The molecule has 0 spiro atoms. The fraction of sp³-hybridized carbons (Fsp3) is 0.688. The van der Waals surface area contributed by atoms with E-state index in [1.54, 1.807) is 0 Å². The summed E-state index contributed by atoms with van der Waals surface area (Å²) >= 11 is 0. The summed E-state index contributed by atoms with van der Waals surface area (Å²) in [6, 6.07) is 6.27. The Kier molecular flexibility index (Phi) is 9.45. The number of unbranched alkanes of at least 4 members (excludes halogenated alkanes) is 8. The molecule has 0 bridgehead atoms. The van der Waals surface area contributed by atoms with Gasteiger partial charge in [-0.25, -0.2) is 4.57 Å². The Morgan fingerprint density at radius 3 is 1.67 bits per heavy atom. The Labute approximate surface area is 112 Å². The van der Waals surface area contributed by atoms with Gasteiger partial charge in [0, 0.05) is 18.6 Å². The lowest BCUT2D eigenvalue weighted by Gasteiger charge is -2.01. The molecule has 1 rings (SSSR count). The molecule has 0 aromatic carbocycles. The Hall–Kier alpha value is -0.890. The van der Waals surface area contributed by atoms with Gasteiger partial charge in [0.05, 0.1) is 0 Å². The van der Waals surface area contributed by atoms with Gasteiger partial charge in [-0.15, -0.1) is 0 Å². The SMILES string of the molecule is NCCCCCCCCCCC[n+]1ccccc1. The number of hydrogen-bond donors (Lipinski definition) is 1. The predicted octanol–water partition coefficient (Wildman–Crippen LogP) is 3.44. The molecule has 102 valence electrons. The zero-order chi connectivity index (χ0) is 12.9.